The van der Waals surface area contributed by atoms with Crippen molar-refractivity contribution in [1.29, 1.82) is 0 Å². The summed E-state index contributed by atoms with van der Waals surface area (Å²) >= 11 is 5.81. The van der Waals surface area contributed by atoms with Crippen molar-refractivity contribution in [2.24, 2.45) is 0 Å². The van der Waals surface area contributed by atoms with Gasteiger partial charge in [0.15, 0.2) is 0 Å². The van der Waals surface area contributed by atoms with E-state index in [1.807, 2.05) is 37.3 Å². The Morgan fingerprint density at radius 1 is 1.19 bits per heavy atom. The lowest BCUT2D eigenvalue weighted by Gasteiger charge is -2.09. The third-order valence-electron chi connectivity index (χ3n) is 3.49. The minimum Gasteiger partial charge on any atom is -0.308 e. The maximum atomic E-state index is 12.1. The molecule has 0 aliphatic carbocycles. The second-order valence-corrected chi connectivity index (χ2v) is 5.84. The predicted octanol–water partition coefficient (Wildman–Crippen LogP) is 5.40. The Labute approximate surface area is 158 Å². The standard InChI is InChI=1S/C20H21ClN4O/c1-3-5-6-15(4-2)7-8-16-13-17(9-11-22-16)24-20(26)25-18-10-12-23-19(21)14-18/h3-6,9-14H,2,7-8H2,1H3,(H2,22,23,24,25,26)/b5-3-,15-6+. The number of aryl methyl sites for hydroxylation is 1. The lowest BCUT2D eigenvalue weighted by Crippen LogP contribution is -2.19. The van der Waals surface area contributed by atoms with E-state index in [-0.39, 0.29) is 6.03 Å². The molecule has 0 saturated carbocycles. The van der Waals surface area contributed by atoms with Crippen molar-refractivity contribution in [1.82, 2.24) is 9.97 Å². The number of nitrogens with zero attached hydrogens (tertiary/aromatic N) is 2. The molecule has 0 aliphatic rings. The molecule has 2 aromatic rings. The number of aromatic nitrogens is 2. The fourth-order valence-electron chi connectivity index (χ4n) is 2.21. The summed E-state index contributed by atoms with van der Waals surface area (Å²) in [6.45, 7) is 5.80. The molecule has 0 atom stereocenters. The first-order valence-corrected chi connectivity index (χ1v) is 8.57. The van der Waals surface area contributed by atoms with Gasteiger partial charge in [-0.3, -0.25) is 4.98 Å². The highest BCUT2D eigenvalue weighted by atomic mass is 35.5. The molecule has 0 unspecified atom stereocenters. The molecule has 0 aromatic carbocycles. The number of halogens is 1. The normalized spacial score (nSPS) is 11.4. The van der Waals surface area contributed by atoms with Crippen molar-refractivity contribution < 1.29 is 4.79 Å². The zero-order chi connectivity index (χ0) is 18.8. The number of rotatable bonds is 7. The van der Waals surface area contributed by atoms with Crippen LogP contribution in [0.1, 0.15) is 19.0 Å². The van der Waals surface area contributed by atoms with Gasteiger partial charge in [0.1, 0.15) is 5.15 Å². The van der Waals surface area contributed by atoms with E-state index >= 15 is 0 Å². The number of hydrogen-bond acceptors (Lipinski definition) is 3. The lowest BCUT2D eigenvalue weighted by molar-refractivity contribution is 0.262. The van der Waals surface area contributed by atoms with E-state index in [0.29, 0.717) is 16.5 Å². The third kappa shape index (κ3) is 6.53. The van der Waals surface area contributed by atoms with E-state index in [1.165, 1.54) is 6.20 Å². The van der Waals surface area contributed by atoms with Crippen LogP contribution in [0.2, 0.25) is 5.15 Å². The Kier molecular flexibility index (Phi) is 7.58. The summed E-state index contributed by atoms with van der Waals surface area (Å²) in [6, 6.07) is 6.48. The Balaban J connectivity index is 1.95. The number of carbonyl (C=O) groups is 1. The maximum absolute atomic E-state index is 12.1. The second kappa shape index (κ2) is 10.2. The first-order valence-electron chi connectivity index (χ1n) is 8.19. The number of amides is 2. The Bertz CT molecular complexity index is 830. The average Bonchev–Trinajstić information content (AvgIpc) is 2.62. The molecule has 0 spiro atoms. The van der Waals surface area contributed by atoms with E-state index in [2.05, 4.69) is 27.2 Å². The van der Waals surface area contributed by atoms with E-state index in [9.17, 15) is 4.79 Å². The predicted molar refractivity (Wildman–Crippen MR) is 108 cm³/mol. The van der Waals surface area contributed by atoms with Crippen LogP contribution in [0, 0.1) is 0 Å². The summed E-state index contributed by atoms with van der Waals surface area (Å²) in [5.74, 6) is 0. The number of anilines is 2. The lowest BCUT2D eigenvalue weighted by atomic mass is 10.1. The van der Waals surface area contributed by atoms with Crippen LogP contribution in [-0.2, 0) is 6.42 Å². The quantitative estimate of drug-likeness (QED) is 0.508. The van der Waals surface area contributed by atoms with Crippen molar-refractivity contribution in [3.8, 4) is 0 Å². The minimum absolute atomic E-state index is 0.318. The summed E-state index contributed by atoms with van der Waals surface area (Å²) in [5, 5.41) is 5.81. The van der Waals surface area contributed by atoms with Crippen LogP contribution < -0.4 is 10.6 Å². The number of hydrogen-bond donors (Lipinski definition) is 2. The molecule has 2 rings (SSSR count). The smallest absolute Gasteiger partial charge is 0.308 e. The zero-order valence-electron chi connectivity index (χ0n) is 14.6. The fourth-order valence-corrected chi connectivity index (χ4v) is 2.39. The van der Waals surface area contributed by atoms with Gasteiger partial charge in [-0.15, -0.1) is 0 Å². The van der Waals surface area contributed by atoms with Crippen molar-refractivity contribution in [3.05, 3.63) is 84.0 Å². The molecule has 5 nitrogen and oxygen atoms in total. The number of nitrogens with one attached hydrogen (secondary N) is 2. The van der Waals surface area contributed by atoms with Gasteiger partial charge in [-0.2, -0.15) is 0 Å². The van der Waals surface area contributed by atoms with Gasteiger partial charge in [-0.1, -0.05) is 42.5 Å². The zero-order valence-corrected chi connectivity index (χ0v) is 15.3. The van der Waals surface area contributed by atoms with Crippen LogP contribution in [0.5, 0.6) is 0 Å². The molecule has 2 amide bonds. The molecule has 6 heteroatoms. The Morgan fingerprint density at radius 2 is 1.88 bits per heavy atom. The topological polar surface area (TPSA) is 66.9 Å². The Morgan fingerprint density at radius 3 is 2.54 bits per heavy atom. The second-order valence-electron chi connectivity index (χ2n) is 5.45. The van der Waals surface area contributed by atoms with Crippen molar-refractivity contribution in [2.75, 3.05) is 10.6 Å². The van der Waals surface area contributed by atoms with Crippen LogP contribution in [-0.4, -0.2) is 16.0 Å². The number of carbonyl (C=O) groups excluding carboxylic acids is 1. The molecular formula is C20H21ClN4O. The van der Waals surface area contributed by atoms with Gasteiger partial charge < -0.3 is 10.6 Å². The molecule has 2 N–H and O–H groups in total. The monoisotopic (exact) mass is 368 g/mol. The van der Waals surface area contributed by atoms with Gasteiger partial charge in [0, 0.05) is 29.5 Å². The van der Waals surface area contributed by atoms with E-state index < -0.39 is 0 Å². The van der Waals surface area contributed by atoms with Gasteiger partial charge in [-0.25, -0.2) is 9.78 Å². The summed E-state index contributed by atoms with van der Waals surface area (Å²) in [6.07, 6.45) is 12.6. The van der Waals surface area contributed by atoms with Crippen LogP contribution in [0.25, 0.3) is 0 Å². The summed E-state index contributed by atoms with van der Waals surface area (Å²) in [4.78, 5) is 20.3. The van der Waals surface area contributed by atoms with E-state index in [1.54, 1.807) is 24.4 Å². The SMILES string of the molecule is C=C/C(=C\C=C/C)CCc1cc(NC(=O)Nc2ccnc(Cl)c2)ccn1. The minimum atomic E-state index is -0.357. The average molecular weight is 369 g/mol. The summed E-state index contributed by atoms with van der Waals surface area (Å²) < 4.78 is 0. The largest absolute Gasteiger partial charge is 0.323 e. The van der Waals surface area contributed by atoms with Crippen LogP contribution in [0.15, 0.2) is 73.1 Å². The molecular weight excluding hydrogens is 348 g/mol. The number of urea groups is 1. The van der Waals surface area contributed by atoms with Crippen molar-refractivity contribution >= 4 is 29.0 Å². The van der Waals surface area contributed by atoms with Crippen LogP contribution in [0.4, 0.5) is 16.2 Å². The highest BCUT2D eigenvalue weighted by molar-refractivity contribution is 6.29. The molecule has 0 radical (unpaired) electrons. The number of allylic oxidation sites excluding steroid dienone is 5. The van der Waals surface area contributed by atoms with Crippen molar-refractivity contribution in [3.63, 3.8) is 0 Å². The fraction of sp³-hybridized carbons (Fsp3) is 0.150. The summed E-state index contributed by atoms with van der Waals surface area (Å²) in [5.41, 5.74) is 3.27. The van der Waals surface area contributed by atoms with Gasteiger partial charge >= 0.3 is 6.03 Å². The molecule has 0 bridgehead atoms. The molecule has 26 heavy (non-hydrogen) atoms. The van der Waals surface area contributed by atoms with Gasteiger partial charge in [0.2, 0.25) is 0 Å². The molecule has 0 aliphatic heterocycles. The van der Waals surface area contributed by atoms with Crippen LogP contribution in [0.3, 0.4) is 0 Å². The highest BCUT2D eigenvalue weighted by Gasteiger charge is 2.05. The molecule has 2 heterocycles. The molecule has 2 aromatic heterocycles. The third-order valence-corrected chi connectivity index (χ3v) is 3.70. The van der Waals surface area contributed by atoms with Gasteiger partial charge in [-0.05, 0) is 49.6 Å². The number of pyridine rings is 2. The highest BCUT2D eigenvalue weighted by Crippen LogP contribution is 2.15. The van der Waals surface area contributed by atoms with Crippen LogP contribution >= 0.6 is 11.6 Å². The molecule has 0 saturated heterocycles. The molecule has 0 fully saturated rings. The van der Waals surface area contributed by atoms with E-state index in [4.69, 9.17) is 11.6 Å². The summed E-state index contributed by atoms with van der Waals surface area (Å²) in [7, 11) is 0. The van der Waals surface area contributed by atoms with Crippen molar-refractivity contribution in [2.45, 2.75) is 19.8 Å². The van der Waals surface area contributed by atoms with Gasteiger partial charge in [0.05, 0.1) is 0 Å². The van der Waals surface area contributed by atoms with Gasteiger partial charge in [0.25, 0.3) is 0 Å². The first-order chi connectivity index (χ1) is 12.6. The molecule has 134 valence electrons. The van der Waals surface area contributed by atoms with E-state index in [0.717, 1.165) is 24.1 Å². The maximum Gasteiger partial charge on any atom is 0.323 e. The Hall–Kier alpha value is -2.92. The first kappa shape index (κ1) is 19.4.